The molecule has 6 nitrogen and oxygen atoms in total. The lowest BCUT2D eigenvalue weighted by molar-refractivity contribution is 0.628. The van der Waals surface area contributed by atoms with E-state index >= 15 is 0 Å². The number of para-hydroxylation sites is 1. The van der Waals surface area contributed by atoms with Crippen molar-refractivity contribution in [2.45, 2.75) is 6.42 Å². The molecule has 0 aliphatic rings. The third kappa shape index (κ3) is 3.70. The molecular formula is C15H12ClFN6. The maximum atomic E-state index is 13.1. The fourth-order valence-corrected chi connectivity index (χ4v) is 2.10. The molecule has 0 radical (unpaired) electrons. The van der Waals surface area contributed by atoms with Crippen LogP contribution in [0.25, 0.3) is 5.69 Å². The van der Waals surface area contributed by atoms with Gasteiger partial charge >= 0.3 is 0 Å². The Morgan fingerprint density at radius 3 is 2.83 bits per heavy atom. The van der Waals surface area contributed by atoms with Gasteiger partial charge in [-0.25, -0.2) is 4.39 Å². The first-order valence-corrected chi connectivity index (χ1v) is 7.17. The molecular weight excluding hydrogens is 319 g/mol. The van der Waals surface area contributed by atoms with Crippen molar-refractivity contribution >= 4 is 23.5 Å². The summed E-state index contributed by atoms with van der Waals surface area (Å²) in [5.74, 6) is 0.183. The highest BCUT2D eigenvalue weighted by Gasteiger charge is 2.06. The van der Waals surface area contributed by atoms with Crippen LogP contribution in [0.1, 0.15) is 5.82 Å². The second-order valence-electron chi connectivity index (χ2n) is 4.60. The molecule has 2 aromatic carbocycles. The van der Waals surface area contributed by atoms with Crippen molar-refractivity contribution < 1.29 is 4.39 Å². The molecule has 1 aromatic heterocycles. The van der Waals surface area contributed by atoms with Crippen molar-refractivity contribution in [2.75, 3.05) is 5.43 Å². The number of aromatic nitrogens is 4. The Kier molecular flexibility index (Phi) is 4.58. The molecule has 3 aromatic rings. The first kappa shape index (κ1) is 15.1. The van der Waals surface area contributed by atoms with Crippen molar-refractivity contribution in [3.63, 3.8) is 0 Å². The van der Waals surface area contributed by atoms with Gasteiger partial charge in [0.25, 0.3) is 0 Å². The van der Waals surface area contributed by atoms with Gasteiger partial charge in [-0.05, 0) is 40.8 Å². The lowest BCUT2D eigenvalue weighted by Crippen LogP contribution is -2.04. The summed E-state index contributed by atoms with van der Waals surface area (Å²) in [5.41, 5.74) is 4.24. The van der Waals surface area contributed by atoms with Gasteiger partial charge in [-0.2, -0.15) is 9.78 Å². The fraction of sp³-hybridized carbons (Fsp3) is 0.0667. The number of rotatable bonds is 5. The maximum Gasteiger partial charge on any atom is 0.162 e. The third-order valence-corrected chi connectivity index (χ3v) is 3.30. The van der Waals surface area contributed by atoms with Gasteiger partial charge in [-0.1, -0.05) is 29.8 Å². The van der Waals surface area contributed by atoms with Gasteiger partial charge in [0.1, 0.15) is 5.82 Å². The summed E-state index contributed by atoms with van der Waals surface area (Å²) in [5, 5.41) is 15.7. The predicted molar refractivity (Wildman–Crippen MR) is 86.4 cm³/mol. The maximum absolute atomic E-state index is 13.1. The van der Waals surface area contributed by atoms with Crippen molar-refractivity contribution in [2.24, 2.45) is 5.10 Å². The SMILES string of the molecule is Fc1ccc(N/N=C/Cc2nnnn2-c2ccccc2)cc1Cl. The second kappa shape index (κ2) is 6.97. The van der Waals surface area contributed by atoms with Crippen LogP contribution in [0.4, 0.5) is 10.1 Å². The average Bonchev–Trinajstić information content (AvgIpc) is 3.04. The summed E-state index contributed by atoms with van der Waals surface area (Å²) in [6, 6.07) is 13.9. The number of benzene rings is 2. The third-order valence-electron chi connectivity index (χ3n) is 3.01. The zero-order valence-corrected chi connectivity index (χ0v) is 12.7. The Hall–Kier alpha value is -2.80. The number of hydrazone groups is 1. The summed E-state index contributed by atoms with van der Waals surface area (Å²) in [7, 11) is 0. The highest BCUT2D eigenvalue weighted by atomic mass is 35.5. The van der Waals surface area contributed by atoms with Crippen LogP contribution in [-0.4, -0.2) is 26.4 Å². The van der Waals surface area contributed by atoms with E-state index in [1.54, 1.807) is 17.0 Å². The van der Waals surface area contributed by atoms with E-state index in [0.717, 1.165) is 5.69 Å². The monoisotopic (exact) mass is 330 g/mol. The number of hydrogen-bond donors (Lipinski definition) is 1. The molecule has 0 atom stereocenters. The number of hydrogen-bond acceptors (Lipinski definition) is 5. The number of nitrogens with one attached hydrogen (secondary N) is 1. The highest BCUT2D eigenvalue weighted by Crippen LogP contribution is 2.19. The predicted octanol–water partition coefficient (Wildman–Crippen LogP) is 3.10. The fourth-order valence-electron chi connectivity index (χ4n) is 1.92. The Bertz CT molecular complexity index is 818. The summed E-state index contributed by atoms with van der Waals surface area (Å²) < 4.78 is 14.7. The molecule has 3 rings (SSSR count). The van der Waals surface area contributed by atoms with Crippen LogP contribution in [-0.2, 0) is 6.42 Å². The minimum Gasteiger partial charge on any atom is -0.279 e. The second-order valence-corrected chi connectivity index (χ2v) is 5.01. The molecule has 0 spiro atoms. The van der Waals surface area contributed by atoms with Gasteiger partial charge in [-0.15, -0.1) is 5.10 Å². The molecule has 0 fully saturated rings. The van der Waals surface area contributed by atoms with Crippen molar-refractivity contribution in [3.05, 3.63) is 65.2 Å². The van der Waals surface area contributed by atoms with Crippen LogP contribution in [0, 0.1) is 5.82 Å². The van der Waals surface area contributed by atoms with Crippen LogP contribution in [0.3, 0.4) is 0 Å². The average molecular weight is 331 g/mol. The first-order chi connectivity index (χ1) is 11.2. The molecule has 116 valence electrons. The normalized spacial score (nSPS) is 11.0. The standard InChI is InChI=1S/C15H12ClFN6/c16-13-10-11(6-7-14(13)17)19-18-9-8-15-20-21-22-23(15)12-4-2-1-3-5-12/h1-7,9-10,19H,8H2/b18-9+. The molecule has 0 saturated heterocycles. The molecule has 0 bridgehead atoms. The Morgan fingerprint density at radius 2 is 2.04 bits per heavy atom. The first-order valence-electron chi connectivity index (χ1n) is 6.79. The lowest BCUT2D eigenvalue weighted by atomic mass is 10.3. The molecule has 0 saturated carbocycles. The minimum absolute atomic E-state index is 0.0400. The Labute approximate surface area is 136 Å². The van der Waals surface area contributed by atoms with Crippen molar-refractivity contribution in [1.29, 1.82) is 0 Å². The van der Waals surface area contributed by atoms with Crippen LogP contribution in [0.2, 0.25) is 5.02 Å². The van der Waals surface area contributed by atoms with Crippen molar-refractivity contribution in [1.82, 2.24) is 20.2 Å². The molecule has 23 heavy (non-hydrogen) atoms. The Balaban J connectivity index is 1.65. The lowest BCUT2D eigenvalue weighted by Gasteiger charge is -2.02. The summed E-state index contributed by atoms with van der Waals surface area (Å²) in [4.78, 5) is 0. The Morgan fingerprint density at radius 1 is 1.22 bits per heavy atom. The molecule has 0 unspecified atom stereocenters. The van der Waals surface area contributed by atoms with Gasteiger partial charge in [0.15, 0.2) is 5.82 Å². The molecule has 0 aliphatic carbocycles. The van der Waals surface area contributed by atoms with Crippen LogP contribution >= 0.6 is 11.6 Å². The number of nitrogens with zero attached hydrogens (tertiary/aromatic N) is 5. The number of anilines is 1. The largest absolute Gasteiger partial charge is 0.279 e. The van der Waals surface area contributed by atoms with E-state index in [-0.39, 0.29) is 5.02 Å². The van der Waals surface area contributed by atoms with E-state index < -0.39 is 5.82 Å². The zero-order valence-electron chi connectivity index (χ0n) is 11.9. The van der Waals surface area contributed by atoms with E-state index in [0.29, 0.717) is 17.9 Å². The van der Waals surface area contributed by atoms with Gasteiger partial charge in [-0.3, -0.25) is 5.43 Å². The smallest absolute Gasteiger partial charge is 0.162 e. The van der Waals surface area contributed by atoms with Gasteiger partial charge in [0.2, 0.25) is 0 Å². The van der Waals surface area contributed by atoms with Gasteiger partial charge in [0.05, 0.1) is 16.4 Å². The molecule has 0 aliphatic heterocycles. The van der Waals surface area contributed by atoms with Crippen LogP contribution < -0.4 is 5.43 Å². The number of halogens is 2. The zero-order chi connectivity index (χ0) is 16.1. The van der Waals surface area contributed by atoms with E-state index in [1.807, 2.05) is 30.3 Å². The minimum atomic E-state index is -0.469. The van der Waals surface area contributed by atoms with E-state index in [4.69, 9.17) is 11.6 Å². The van der Waals surface area contributed by atoms with Gasteiger partial charge in [0, 0.05) is 12.6 Å². The summed E-state index contributed by atoms with van der Waals surface area (Å²) >= 11 is 5.70. The van der Waals surface area contributed by atoms with Crippen LogP contribution in [0.15, 0.2) is 53.6 Å². The molecule has 0 amide bonds. The molecule has 8 heteroatoms. The summed E-state index contributed by atoms with van der Waals surface area (Å²) in [6.07, 6.45) is 2.06. The topological polar surface area (TPSA) is 68.0 Å². The number of tetrazole rings is 1. The summed E-state index contributed by atoms with van der Waals surface area (Å²) in [6.45, 7) is 0. The van der Waals surface area contributed by atoms with Gasteiger partial charge < -0.3 is 0 Å². The molecule has 1 heterocycles. The molecule has 1 N–H and O–H groups in total. The highest BCUT2D eigenvalue weighted by molar-refractivity contribution is 6.31. The van der Waals surface area contributed by atoms with E-state index in [2.05, 4.69) is 26.1 Å². The van der Waals surface area contributed by atoms with E-state index in [1.165, 1.54) is 12.1 Å². The quantitative estimate of drug-likeness (QED) is 0.576. The van der Waals surface area contributed by atoms with E-state index in [9.17, 15) is 4.39 Å². The van der Waals surface area contributed by atoms with Crippen molar-refractivity contribution in [3.8, 4) is 5.69 Å². The van der Waals surface area contributed by atoms with Crippen LogP contribution in [0.5, 0.6) is 0 Å².